The van der Waals surface area contributed by atoms with Crippen LogP contribution in [0.3, 0.4) is 0 Å². The third kappa shape index (κ3) is 3.62. The van der Waals surface area contributed by atoms with Crippen LogP contribution in [-0.4, -0.2) is 34.2 Å². The minimum Gasteiger partial charge on any atom is -0.490 e. The van der Waals surface area contributed by atoms with E-state index in [1.165, 1.54) is 5.57 Å². The van der Waals surface area contributed by atoms with Gasteiger partial charge in [0.05, 0.1) is 6.20 Å². The Morgan fingerprint density at radius 1 is 1.43 bits per heavy atom. The Bertz CT molecular complexity index is 729. The van der Waals surface area contributed by atoms with Crippen LogP contribution < -0.4 is 4.74 Å². The summed E-state index contributed by atoms with van der Waals surface area (Å²) in [5.41, 5.74) is 4.10. The first-order valence-electron chi connectivity index (χ1n) is 7.80. The summed E-state index contributed by atoms with van der Waals surface area (Å²) in [7, 11) is 0. The molecule has 2 heterocycles. The number of nitrogens with zero attached hydrogens (tertiary/aromatic N) is 2. The lowest BCUT2D eigenvalue weighted by Crippen LogP contribution is -2.35. The molecule has 5 nitrogen and oxygen atoms in total. The average Bonchev–Trinajstić information content (AvgIpc) is 3.01. The number of H-pyrrole nitrogens is 1. The van der Waals surface area contributed by atoms with E-state index in [1.807, 2.05) is 49.1 Å². The normalized spacial score (nSPS) is 13.4. The molecule has 5 heteroatoms. The molecule has 2 aromatic rings. The summed E-state index contributed by atoms with van der Waals surface area (Å²) < 4.78 is 5.68. The molecular formula is C18H21N3O2. The molecule has 1 aliphatic rings. The van der Waals surface area contributed by atoms with Crippen molar-refractivity contribution in [2.75, 3.05) is 13.2 Å². The van der Waals surface area contributed by atoms with Gasteiger partial charge in [0.1, 0.15) is 12.4 Å². The third-order valence-electron chi connectivity index (χ3n) is 3.91. The van der Waals surface area contributed by atoms with Crippen LogP contribution in [0.2, 0.25) is 0 Å². The molecule has 1 amide bonds. The molecule has 0 unspecified atom stereocenters. The zero-order valence-electron chi connectivity index (χ0n) is 13.5. The molecule has 120 valence electrons. The van der Waals surface area contributed by atoms with Crippen LogP contribution in [0.1, 0.15) is 35.5 Å². The number of hydrogen-bond donors (Lipinski definition) is 1. The average molecular weight is 311 g/mol. The van der Waals surface area contributed by atoms with Crippen LogP contribution >= 0.6 is 0 Å². The van der Waals surface area contributed by atoms with E-state index in [0.29, 0.717) is 31.0 Å². The summed E-state index contributed by atoms with van der Waals surface area (Å²) in [6.45, 7) is 5.89. The van der Waals surface area contributed by atoms with Crippen molar-refractivity contribution in [3.8, 4) is 5.75 Å². The van der Waals surface area contributed by atoms with Crippen molar-refractivity contribution in [1.29, 1.82) is 0 Å². The monoisotopic (exact) mass is 311 g/mol. The van der Waals surface area contributed by atoms with Crippen LogP contribution in [-0.2, 0) is 13.0 Å². The highest BCUT2D eigenvalue weighted by molar-refractivity contribution is 5.94. The maximum absolute atomic E-state index is 12.7. The molecule has 1 aromatic carbocycles. The van der Waals surface area contributed by atoms with Crippen LogP contribution in [0.25, 0.3) is 0 Å². The van der Waals surface area contributed by atoms with Crippen molar-refractivity contribution in [3.63, 3.8) is 0 Å². The Morgan fingerprint density at radius 2 is 2.30 bits per heavy atom. The predicted molar refractivity (Wildman–Crippen MR) is 88.4 cm³/mol. The van der Waals surface area contributed by atoms with Crippen molar-refractivity contribution in [3.05, 3.63) is 58.9 Å². The molecule has 0 saturated heterocycles. The lowest BCUT2D eigenvalue weighted by molar-refractivity contribution is 0.0734. The maximum atomic E-state index is 12.7. The quantitative estimate of drug-likeness (QED) is 0.883. The molecule has 1 N–H and O–H groups in total. The van der Waals surface area contributed by atoms with Gasteiger partial charge in [-0.3, -0.25) is 9.89 Å². The summed E-state index contributed by atoms with van der Waals surface area (Å²) in [6, 6.07) is 7.38. The van der Waals surface area contributed by atoms with E-state index in [-0.39, 0.29) is 5.91 Å². The van der Waals surface area contributed by atoms with Gasteiger partial charge in [-0.25, -0.2) is 0 Å². The molecule has 0 radical (unpaired) electrons. The zero-order chi connectivity index (χ0) is 16.2. The molecule has 0 spiro atoms. The molecular weight excluding hydrogens is 290 g/mol. The predicted octanol–water partition coefficient (Wildman–Crippen LogP) is 2.95. The molecule has 1 aromatic heterocycles. The molecule has 3 rings (SSSR count). The third-order valence-corrected chi connectivity index (χ3v) is 3.91. The van der Waals surface area contributed by atoms with Gasteiger partial charge in [-0.2, -0.15) is 5.10 Å². The molecule has 23 heavy (non-hydrogen) atoms. The Kier molecular flexibility index (Phi) is 4.46. The molecule has 0 fully saturated rings. The number of fused-ring (bicyclic) bond motifs is 1. The number of carbonyl (C=O) groups is 1. The fourth-order valence-corrected chi connectivity index (χ4v) is 2.60. The van der Waals surface area contributed by atoms with E-state index in [4.69, 9.17) is 4.74 Å². The molecule has 0 aliphatic carbocycles. The smallest absolute Gasteiger partial charge is 0.254 e. The van der Waals surface area contributed by atoms with E-state index in [9.17, 15) is 4.79 Å². The first-order chi connectivity index (χ1) is 11.1. The number of aromatic amines is 1. The number of carbonyl (C=O) groups excluding carboxylic acids is 1. The van der Waals surface area contributed by atoms with Crippen LogP contribution in [0.5, 0.6) is 5.75 Å². The van der Waals surface area contributed by atoms with Crippen molar-refractivity contribution >= 4 is 5.91 Å². The van der Waals surface area contributed by atoms with E-state index in [1.54, 1.807) is 6.20 Å². The first-order valence-corrected chi connectivity index (χ1v) is 7.80. The Morgan fingerprint density at radius 3 is 3.13 bits per heavy atom. The fraction of sp³-hybridized carbons (Fsp3) is 0.333. The Hall–Kier alpha value is -2.56. The van der Waals surface area contributed by atoms with Crippen molar-refractivity contribution in [2.45, 2.75) is 26.8 Å². The van der Waals surface area contributed by atoms with Crippen molar-refractivity contribution in [2.24, 2.45) is 0 Å². The summed E-state index contributed by atoms with van der Waals surface area (Å²) in [6.07, 6.45) is 4.63. The zero-order valence-corrected chi connectivity index (χ0v) is 13.5. The number of nitrogens with one attached hydrogen (secondary N) is 1. The lowest BCUT2D eigenvalue weighted by atomic mass is 10.1. The van der Waals surface area contributed by atoms with Crippen LogP contribution in [0.4, 0.5) is 0 Å². The standard InChI is InChI=1S/C18H21N3O2/c1-13(2)7-9-23-16-5-3-4-14(10-16)18(22)21-8-6-17-15(12-21)11-19-20-17/h3-5,7,10-11H,6,8-9,12H2,1-2H3,(H,19,20). The van der Waals surface area contributed by atoms with Gasteiger partial charge in [0.2, 0.25) is 0 Å². The number of allylic oxidation sites excluding steroid dienone is 1. The highest BCUT2D eigenvalue weighted by Gasteiger charge is 2.23. The minimum atomic E-state index is 0.0320. The number of aromatic nitrogens is 2. The van der Waals surface area contributed by atoms with E-state index < -0.39 is 0 Å². The molecule has 0 atom stereocenters. The van der Waals surface area contributed by atoms with Crippen LogP contribution in [0, 0.1) is 0 Å². The second-order valence-electron chi connectivity index (χ2n) is 5.97. The number of benzene rings is 1. The van der Waals surface area contributed by atoms with Gasteiger partial charge in [-0.05, 0) is 38.1 Å². The maximum Gasteiger partial charge on any atom is 0.254 e. The highest BCUT2D eigenvalue weighted by atomic mass is 16.5. The number of rotatable bonds is 4. The number of hydrogen-bond acceptors (Lipinski definition) is 3. The molecule has 0 saturated carbocycles. The highest BCUT2D eigenvalue weighted by Crippen LogP contribution is 2.20. The first kappa shape index (κ1) is 15.3. The van der Waals surface area contributed by atoms with Gasteiger partial charge in [-0.15, -0.1) is 0 Å². The van der Waals surface area contributed by atoms with Gasteiger partial charge in [0.25, 0.3) is 5.91 Å². The Labute approximate surface area is 136 Å². The van der Waals surface area contributed by atoms with Gasteiger partial charge >= 0.3 is 0 Å². The topological polar surface area (TPSA) is 58.2 Å². The van der Waals surface area contributed by atoms with E-state index in [0.717, 1.165) is 17.7 Å². The Balaban J connectivity index is 1.69. The second kappa shape index (κ2) is 6.69. The lowest BCUT2D eigenvalue weighted by Gasteiger charge is -2.26. The largest absolute Gasteiger partial charge is 0.490 e. The number of amides is 1. The minimum absolute atomic E-state index is 0.0320. The van der Waals surface area contributed by atoms with Gasteiger partial charge < -0.3 is 9.64 Å². The SMILES string of the molecule is CC(C)=CCOc1cccc(C(=O)N2CCc3[nH]ncc3C2)c1. The summed E-state index contributed by atoms with van der Waals surface area (Å²) in [5, 5.41) is 7.03. The van der Waals surface area contributed by atoms with Gasteiger partial charge in [-0.1, -0.05) is 11.6 Å². The summed E-state index contributed by atoms with van der Waals surface area (Å²) in [5.74, 6) is 0.749. The van der Waals surface area contributed by atoms with Gasteiger partial charge in [0, 0.05) is 36.3 Å². The van der Waals surface area contributed by atoms with E-state index >= 15 is 0 Å². The summed E-state index contributed by atoms with van der Waals surface area (Å²) in [4.78, 5) is 14.5. The second-order valence-corrected chi connectivity index (χ2v) is 5.97. The molecule has 1 aliphatic heterocycles. The fourth-order valence-electron chi connectivity index (χ4n) is 2.60. The molecule has 0 bridgehead atoms. The van der Waals surface area contributed by atoms with Gasteiger partial charge in [0.15, 0.2) is 0 Å². The van der Waals surface area contributed by atoms with E-state index in [2.05, 4.69) is 10.2 Å². The van der Waals surface area contributed by atoms with Crippen LogP contribution in [0.15, 0.2) is 42.1 Å². The summed E-state index contributed by atoms with van der Waals surface area (Å²) >= 11 is 0. The van der Waals surface area contributed by atoms with Crippen molar-refractivity contribution in [1.82, 2.24) is 15.1 Å². The number of ether oxygens (including phenoxy) is 1. The van der Waals surface area contributed by atoms with Crippen molar-refractivity contribution < 1.29 is 9.53 Å².